The lowest BCUT2D eigenvalue weighted by molar-refractivity contribution is 0.100. The van der Waals surface area contributed by atoms with E-state index in [1.54, 1.807) is 0 Å². The highest BCUT2D eigenvalue weighted by atomic mass is 16.6. The number of hydrogen-bond donors (Lipinski definition) is 1. The van der Waals surface area contributed by atoms with Gasteiger partial charge in [0.2, 0.25) is 0 Å². The molecule has 0 aliphatic carbocycles. The van der Waals surface area contributed by atoms with Crippen LogP contribution in [0.15, 0.2) is 30.3 Å². The van der Waals surface area contributed by atoms with Crippen LogP contribution in [0.4, 0.5) is 10.5 Å². The molecule has 2 heterocycles. The van der Waals surface area contributed by atoms with E-state index >= 15 is 0 Å². The van der Waals surface area contributed by atoms with Crippen LogP contribution in [0.3, 0.4) is 0 Å². The number of para-hydroxylation sites is 1. The van der Waals surface area contributed by atoms with E-state index in [2.05, 4.69) is 41.2 Å². The highest BCUT2D eigenvalue weighted by Crippen LogP contribution is 2.33. The quantitative estimate of drug-likeness (QED) is 0.947. The highest BCUT2D eigenvalue weighted by Gasteiger charge is 2.40. The predicted octanol–water partition coefficient (Wildman–Crippen LogP) is 2.87. The van der Waals surface area contributed by atoms with Gasteiger partial charge in [0.05, 0.1) is 17.6 Å². The van der Waals surface area contributed by atoms with E-state index in [0.29, 0.717) is 6.54 Å². The lowest BCUT2D eigenvalue weighted by Crippen LogP contribution is -2.52. The van der Waals surface area contributed by atoms with Crippen molar-refractivity contribution < 1.29 is 9.53 Å². The smallest absolute Gasteiger partial charge is 0.407 e. The van der Waals surface area contributed by atoms with Crippen molar-refractivity contribution >= 4 is 22.7 Å². The number of alkyl carbamates (subject to hydrolysis) is 1. The molecule has 1 amide bonds. The number of aromatic nitrogens is 1. The van der Waals surface area contributed by atoms with Gasteiger partial charge in [-0.1, -0.05) is 18.2 Å². The number of cyclic esters (lactones) is 1. The average molecular weight is 299 g/mol. The van der Waals surface area contributed by atoms with Gasteiger partial charge in [-0.05, 0) is 32.9 Å². The Hall–Kier alpha value is -2.30. The zero-order valence-corrected chi connectivity index (χ0v) is 13.4. The second kappa shape index (κ2) is 5.16. The van der Waals surface area contributed by atoms with E-state index in [1.165, 1.54) is 0 Å². The first-order chi connectivity index (χ1) is 10.4. The molecule has 1 aliphatic rings. The molecule has 1 aliphatic heterocycles. The number of carbonyl (C=O) groups excluding carboxylic acids is 1. The van der Waals surface area contributed by atoms with E-state index in [4.69, 9.17) is 4.74 Å². The minimum atomic E-state index is -0.345. The van der Waals surface area contributed by atoms with Crippen LogP contribution in [0, 0.1) is 6.92 Å². The first kappa shape index (κ1) is 14.6. The Morgan fingerprint density at radius 2 is 2.09 bits per heavy atom. The molecule has 1 fully saturated rings. The first-order valence-electron chi connectivity index (χ1n) is 7.44. The molecule has 1 atom stereocenters. The van der Waals surface area contributed by atoms with E-state index in [0.717, 1.165) is 22.3 Å². The summed E-state index contributed by atoms with van der Waals surface area (Å²) in [7, 11) is 2.04. The van der Waals surface area contributed by atoms with Crippen LogP contribution in [0.2, 0.25) is 0 Å². The Morgan fingerprint density at radius 3 is 2.77 bits per heavy atom. The van der Waals surface area contributed by atoms with Gasteiger partial charge in [-0.3, -0.25) is 4.98 Å². The number of nitrogens with one attached hydrogen (secondary N) is 1. The summed E-state index contributed by atoms with van der Waals surface area (Å²) in [5.41, 5.74) is 2.70. The topological polar surface area (TPSA) is 54.5 Å². The maximum absolute atomic E-state index is 11.4. The number of anilines is 1. The number of benzene rings is 1. The number of rotatable bonds is 3. The summed E-state index contributed by atoms with van der Waals surface area (Å²) in [6, 6.07) is 10.2. The van der Waals surface area contributed by atoms with Crippen molar-refractivity contribution in [3.05, 3.63) is 36.0 Å². The number of likely N-dealkylation sites (N-methyl/N-ethyl adjacent to an activating group) is 1. The van der Waals surface area contributed by atoms with Crippen LogP contribution in [0.5, 0.6) is 0 Å². The third-order valence-corrected chi connectivity index (χ3v) is 4.52. The fourth-order valence-corrected chi connectivity index (χ4v) is 2.87. The Bertz CT molecular complexity index is 727. The van der Waals surface area contributed by atoms with Crippen molar-refractivity contribution in [3.8, 4) is 0 Å². The minimum absolute atomic E-state index is 0.197. The third-order valence-electron chi connectivity index (χ3n) is 4.52. The molecule has 0 saturated carbocycles. The first-order valence-corrected chi connectivity index (χ1v) is 7.44. The standard InChI is InChI=1S/C17H21N3O2/c1-11-9-14(12-7-5-6-8-13(12)19-11)20(4)17(2,3)15-10-18-16(21)22-15/h5-9,15H,10H2,1-4H3,(H,18,21). The van der Waals surface area contributed by atoms with Crippen LogP contribution in [0.25, 0.3) is 10.9 Å². The fourth-order valence-electron chi connectivity index (χ4n) is 2.87. The molecule has 1 aromatic carbocycles. The summed E-state index contributed by atoms with van der Waals surface area (Å²) in [4.78, 5) is 18.1. The Labute approximate surface area is 130 Å². The molecule has 1 saturated heterocycles. The molecular weight excluding hydrogens is 278 g/mol. The summed E-state index contributed by atoms with van der Waals surface area (Å²) < 4.78 is 5.40. The van der Waals surface area contributed by atoms with Crippen molar-refractivity contribution in [1.29, 1.82) is 0 Å². The number of ether oxygens (including phenoxy) is 1. The molecule has 0 radical (unpaired) electrons. The molecule has 1 unspecified atom stereocenters. The van der Waals surface area contributed by atoms with Crippen molar-refractivity contribution in [2.24, 2.45) is 0 Å². The molecule has 2 aromatic rings. The fraction of sp³-hybridized carbons (Fsp3) is 0.412. The third kappa shape index (κ3) is 2.36. The number of fused-ring (bicyclic) bond motifs is 1. The van der Waals surface area contributed by atoms with E-state index < -0.39 is 0 Å². The number of aryl methyl sites for hydroxylation is 1. The molecule has 116 valence electrons. The number of nitrogens with zero attached hydrogens (tertiary/aromatic N) is 2. The van der Waals surface area contributed by atoms with E-state index in [-0.39, 0.29) is 17.7 Å². The normalized spacial score (nSPS) is 18.2. The number of amides is 1. The van der Waals surface area contributed by atoms with Crippen LogP contribution >= 0.6 is 0 Å². The lowest BCUT2D eigenvalue weighted by Gasteiger charge is -2.40. The number of pyridine rings is 1. The van der Waals surface area contributed by atoms with Gasteiger partial charge in [0, 0.05) is 23.8 Å². The summed E-state index contributed by atoms with van der Waals surface area (Å²) in [5, 5.41) is 3.83. The SMILES string of the molecule is Cc1cc(N(C)C(C)(C)C2CNC(=O)O2)c2ccccc2n1. The van der Waals surface area contributed by atoms with Gasteiger partial charge in [0.1, 0.15) is 6.10 Å². The molecule has 0 bridgehead atoms. The van der Waals surface area contributed by atoms with Gasteiger partial charge in [-0.15, -0.1) is 0 Å². The summed E-state index contributed by atoms with van der Waals surface area (Å²) in [6.07, 6.45) is -0.542. The molecule has 1 N–H and O–H groups in total. The average Bonchev–Trinajstić information content (AvgIpc) is 2.93. The molecule has 0 spiro atoms. The maximum atomic E-state index is 11.4. The zero-order valence-electron chi connectivity index (χ0n) is 13.4. The van der Waals surface area contributed by atoms with Crippen LogP contribution in [0.1, 0.15) is 19.5 Å². The van der Waals surface area contributed by atoms with Gasteiger partial charge in [-0.2, -0.15) is 0 Å². The van der Waals surface area contributed by atoms with Gasteiger partial charge in [0.15, 0.2) is 0 Å². The summed E-state index contributed by atoms with van der Waals surface area (Å²) >= 11 is 0. The predicted molar refractivity (Wildman–Crippen MR) is 87.2 cm³/mol. The van der Waals surface area contributed by atoms with E-state index in [9.17, 15) is 4.79 Å². The largest absolute Gasteiger partial charge is 0.442 e. The summed E-state index contributed by atoms with van der Waals surface area (Å²) in [5.74, 6) is 0. The van der Waals surface area contributed by atoms with Crippen molar-refractivity contribution in [1.82, 2.24) is 10.3 Å². The molecular formula is C17H21N3O2. The van der Waals surface area contributed by atoms with E-state index in [1.807, 2.05) is 32.2 Å². The van der Waals surface area contributed by atoms with Crippen LogP contribution in [-0.2, 0) is 4.74 Å². The lowest BCUT2D eigenvalue weighted by atomic mass is 9.94. The van der Waals surface area contributed by atoms with Crippen molar-refractivity contribution in [3.63, 3.8) is 0 Å². The van der Waals surface area contributed by atoms with Gasteiger partial charge in [0.25, 0.3) is 0 Å². The van der Waals surface area contributed by atoms with Gasteiger partial charge < -0.3 is 15.0 Å². The summed E-state index contributed by atoms with van der Waals surface area (Å²) in [6.45, 7) is 6.69. The maximum Gasteiger partial charge on any atom is 0.407 e. The van der Waals surface area contributed by atoms with Gasteiger partial charge >= 0.3 is 6.09 Å². The Kier molecular flexibility index (Phi) is 3.43. The Morgan fingerprint density at radius 1 is 1.36 bits per heavy atom. The van der Waals surface area contributed by atoms with Crippen molar-refractivity contribution in [2.75, 3.05) is 18.5 Å². The molecule has 3 rings (SSSR count). The minimum Gasteiger partial charge on any atom is -0.442 e. The second-order valence-electron chi connectivity index (χ2n) is 6.29. The monoisotopic (exact) mass is 299 g/mol. The number of hydrogen-bond acceptors (Lipinski definition) is 4. The zero-order chi connectivity index (χ0) is 15.9. The molecule has 5 nitrogen and oxygen atoms in total. The van der Waals surface area contributed by atoms with Crippen LogP contribution < -0.4 is 10.2 Å². The molecule has 5 heteroatoms. The van der Waals surface area contributed by atoms with Crippen LogP contribution in [-0.4, -0.2) is 36.3 Å². The van der Waals surface area contributed by atoms with Gasteiger partial charge in [-0.25, -0.2) is 4.79 Å². The number of carbonyl (C=O) groups is 1. The Balaban J connectivity index is 2.04. The molecule has 1 aromatic heterocycles. The highest BCUT2D eigenvalue weighted by molar-refractivity contribution is 5.92. The second-order valence-corrected chi connectivity index (χ2v) is 6.29. The molecule has 22 heavy (non-hydrogen) atoms. The van der Waals surface area contributed by atoms with Crippen molar-refractivity contribution in [2.45, 2.75) is 32.4 Å².